The molecule has 0 bridgehead atoms. The van der Waals surface area contributed by atoms with Crippen LogP contribution in [0.2, 0.25) is 0 Å². The molecule has 1 aromatic rings. The maximum atomic E-state index is 12.2. The van der Waals surface area contributed by atoms with Crippen LogP contribution in [0.4, 0.5) is 0 Å². The van der Waals surface area contributed by atoms with Crippen molar-refractivity contribution in [3.8, 4) is 0 Å². The van der Waals surface area contributed by atoms with Gasteiger partial charge in [-0.1, -0.05) is 29.3 Å². The molecule has 114 valence electrons. The number of carbonyl (C=O) groups is 2. The van der Waals surface area contributed by atoms with Crippen LogP contribution in [-0.4, -0.2) is 35.0 Å². The highest BCUT2D eigenvalue weighted by Gasteiger charge is 2.27. The lowest BCUT2D eigenvalue weighted by Gasteiger charge is -2.30. The molecule has 0 radical (unpaired) electrons. The highest BCUT2D eigenvalue weighted by atomic mass is 16.4. The molecule has 0 spiro atoms. The van der Waals surface area contributed by atoms with Crippen molar-refractivity contribution in [2.45, 2.75) is 39.5 Å². The van der Waals surface area contributed by atoms with Crippen molar-refractivity contribution < 1.29 is 14.7 Å². The predicted molar refractivity (Wildman–Crippen MR) is 81.2 cm³/mol. The molecule has 1 aliphatic heterocycles. The van der Waals surface area contributed by atoms with Crippen LogP contribution in [0, 0.1) is 19.8 Å². The largest absolute Gasteiger partial charge is 0.481 e. The Morgan fingerprint density at radius 2 is 1.90 bits per heavy atom. The molecule has 0 saturated carbocycles. The number of benzene rings is 1. The zero-order valence-corrected chi connectivity index (χ0v) is 12.8. The first-order chi connectivity index (χ1) is 9.95. The molecular formula is C17H23NO3. The Bertz CT molecular complexity index is 519. The molecule has 4 nitrogen and oxygen atoms in total. The van der Waals surface area contributed by atoms with Gasteiger partial charge >= 0.3 is 5.97 Å². The molecule has 1 aliphatic rings. The van der Waals surface area contributed by atoms with Crippen molar-refractivity contribution in [2.75, 3.05) is 13.1 Å². The topological polar surface area (TPSA) is 57.6 Å². The van der Waals surface area contributed by atoms with Gasteiger partial charge in [-0.05, 0) is 38.7 Å². The van der Waals surface area contributed by atoms with E-state index in [4.69, 9.17) is 5.11 Å². The van der Waals surface area contributed by atoms with Gasteiger partial charge in [0.25, 0.3) is 0 Å². The van der Waals surface area contributed by atoms with E-state index in [1.54, 1.807) is 4.90 Å². The number of nitrogens with zero attached hydrogens (tertiary/aromatic N) is 1. The van der Waals surface area contributed by atoms with Crippen LogP contribution in [0.25, 0.3) is 0 Å². The Balaban J connectivity index is 1.90. The highest BCUT2D eigenvalue weighted by Crippen LogP contribution is 2.18. The summed E-state index contributed by atoms with van der Waals surface area (Å²) in [5, 5.41) is 9.07. The molecular weight excluding hydrogens is 266 g/mol. The van der Waals surface area contributed by atoms with Gasteiger partial charge in [-0.15, -0.1) is 0 Å². The van der Waals surface area contributed by atoms with E-state index in [1.807, 2.05) is 0 Å². The zero-order valence-electron chi connectivity index (χ0n) is 12.8. The number of aliphatic carboxylic acids is 1. The Kier molecular flexibility index (Phi) is 4.99. The van der Waals surface area contributed by atoms with Gasteiger partial charge < -0.3 is 10.0 Å². The molecule has 1 saturated heterocycles. The van der Waals surface area contributed by atoms with Crippen LogP contribution < -0.4 is 0 Å². The zero-order chi connectivity index (χ0) is 15.4. The summed E-state index contributed by atoms with van der Waals surface area (Å²) >= 11 is 0. The van der Waals surface area contributed by atoms with Crippen LogP contribution in [-0.2, 0) is 16.0 Å². The summed E-state index contributed by atoms with van der Waals surface area (Å²) in [6.45, 7) is 5.16. The lowest BCUT2D eigenvalue weighted by atomic mass is 9.97. The smallest absolute Gasteiger partial charge is 0.308 e. The van der Waals surface area contributed by atoms with E-state index in [-0.39, 0.29) is 5.91 Å². The molecule has 1 aromatic carbocycles. The van der Waals surface area contributed by atoms with E-state index >= 15 is 0 Å². The fourth-order valence-electron chi connectivity index (χ4n) is 3.03. The Hall–Kier alpha value is -1.84. The Morgan fingerprint density at radius 3 is 2.52 bits per heavy atom. The fraction of sp³-hybridized carbons (Fsp3) is 0.529. The number of hydrogen-bond donors (Lipinski definition) is 1. The molecule has 1 fully saturated rings. The monoisotopic (exact) mass is 289 g/mol. The first-order valence-electron chi connectivity index (χ1n) is 7.53. The van der Waals surface area contributed by atoms with Crippen LogP contribution in [0.5, 0.6) is 0 Å². The SMILES string of the molecule is Cc1cc(C)cc(CCC(=O)N2CCCC(C(=O)O)C2)c1. The van der Waals surface area contributed by atoms with Crippen molar-refractivity contribution in [3.63, 3.8) is 0 Å². The van der Waals surface area contributed by atoms with E-state index in [9.17, 15) is 9.59 Å². The maximum Gasteiger partial charge on any atom is 0.308 e. The molecule has 1 atom stereocenters. The first-order valence-corrected chi connectivity index (χ1v) is 7.53. The second-order valence-electron chi connectivity index (χ2n) is 6.01. The van der Waals surface area contributed by atoms with Gasteiger partial charge in [0.05, 0.1) is 5.92 Å². The third-order valence-corrected chi connectivity index (χ3v) is 4.03. The van der Waals surface area contributed by atoms with Gasteiger partial charge in [-0.2, -0.15) is 0 Å². The number of piperidine rings is 1. The minimum atomic E-state index is -0.790. The third kappa shape index (κ3) is 4.31. The van der Waals surface area contributed by atoms with Crippen molar-refractivity contribution >= 4 is 11.9 Å². The first kappa shape index (κ1) is 15.5. The third-order valence-electron chi connectivity index (χ3n) is 4.03. The average Bonchev–Trinajstić information content (AvgIpc) is 2.44. The van der Waals surface area contributed by atoms with E-state index < -0.39 is 11.9 Å². The number of carboxylic acids is 1. The number of likely N-dealkylation sites (tertiary alicyclic amines) is 1. The summed E-state index contributed by atoms with van der Waals surface area (Å²) < 4.78 is 0. The number of hydrogen-bond acceptors (Lipinski definition) is 2. The molecule has 0 aromatic heterocycles. The minimum Gasteiger partial charge on any atom is -0.481 e. The normalized spacial score (nSPS) is 18.6. The lowest BCUT2D eigenvalue weighted by molar-refractivity contribution is -0.145. The summed E-state index contributed by atoms with van der Waals surface area (Å²) in [6.07, 6.45) is 2.63. The van der Waals surface area contributed by atoms with Gasteiger partial charge in [0.15, 0.2) is 0 Å². The van der Waals surface area contributed by atoms with Crippen molar-refractivity contribution in [2.24, 2.45) is 5.92 Å². The van der Waals surface area contributed by atoms with Crippen LogP contribution in [0.15, 0.2) is 18.2 Å². The number of carbonyl (C=O) groups excluding carboxylic acids is 1. The van der Waals surface area contributed by atoms with Crippen molar-refractivity contribution in [3.05, 3.63) is 34.9 Å². The highest BCUT2D eigenvalue weighted by molar-refractivity contribution is 5.78. The quantitative estimate of drug-likeness (QED) is 0.926. The fourth-order valence-corrected chi connectivity index (χ4v) is 3.03. The molecule has 0 aliphatic carbocycles. The van der Waals surface area contributed by atoms with Gasteiger partial charge in [0.2, 0.25) is 5.91 Å². The summed E-state index contributed by atoms with van der Waals surface area (Å²) in [6, 6.07) is 6.33. The summed E-state index contributed by atoms with van der Waals surface area (Å²) in [5.74, 6) is -1.12. The summed E-state index contributed by atoms with van der Waals surface area (Å²) in [4.78, 5) is 25.0. The molecule has 21 heavy (non-hydrogen) atoms. The van der Waals surface area contributed by atoms with Gasteiger partial charge in [0, 0.05) is 19.5 Å². The lowest BCUT2D eigenvalue weighted by Crippen LogP contribution is -2.42. The molecule has 2 rings (SSSR count). The second kappa shape index (κ2) is 6.74. The minimum absolute atomic E-state index is 0.0695. The predicted octanol–water partition coefficient (Wildman–Crippen LogP) is 2.56. The molecule has 1 amide bonds. The van der Waals surface area contributed by atoms with Gasteiger partial charge in [0.1, 0.15) is 0 Å². The van der Waals surface area contributed by atoms with E-state index in [2.05, 4.69) is 32.0 Å². The Labute approximate surface area is 125 Å². The standard InChI is InChI=1S/C17H23NO3/c1-12-8-13(2)10-14(9-12)5-6-16(19)18-7-3-4-15(11-18)17(20)21/h8-10,15H,3-7,11H2,1-2H3,(H,20,21). The van der Waals surface area contributed by atoms with Crippen LogP contribution in [0.1, 0.15) is 36.0 Å². The summed E-state index contributed by atoms with van der Waals surface area (Å²) in [5.41, 5.74) is 3.59. The number of amides is 1. The van der Waals surface area contributed by atoms with E-state index in [1.165, 1.54) is 16.7 Å². The van der Waals surface area contributed by atoms with Crippen LogP contribution >= 0.6 is 0 Å². The summed E-state index contributed by atoms with van der Waals surface area (Å²) in [7, 11) is 0. The second-order valence-corrected chi connectivity index (χ2v) is 6.01. The molecule has 1 N–H and O–H groups in total. The van der Waals surface area contributed by atoms with Gasteiger partial charge in [-0.3, -0.25) is 9.59 Å². The Morgan fingerprint density at radius 1 is 1.24 bits per heavy atom. The molecule has 4 heteroatoms. The van der Waals surface area contributed by atoms with E-state index in [0.717, 1.165) is 12.8 Å². The average molecular weight is 289 g/mol. The number of rotatable bonds is 4. The molecule has 1 unspecified atom stereocenters. The van der Waals surface area contributed by atoms with Gasteiger partial charge in [-0.25, -0.2) is 0 Å². The maximum absolute atomic E-state index is 12.2. The number of carboxylic acid groups (broad SMARTS) is 1. The number of aryl methyl sites for hydroxylation is 3. The van der Waals surface area contributed by atoms with Crippen LogP contribution in [0.3, 0.4) is 0 Å². The molecule has 1 heterocycles. The van der Waals surface area contributed by atoms with E-state index in [0.29, 0.717) is 25.9 Å². The van der Waals surface area contributed by atoms with Crippen molar-refractivity contribution in [1.29, 1.82) is 0 Å². The van der Waals surface area contributed by atoms with Crippen molar-refractivity contribution in [1.82, 2.24) is 4.90 Å².